The number of carbonyl (C=O) groups excluding carboxylic acids is 1. The average molecular weight is 445 g/mol. The lowest BCUT2D eigenvalue weighted by Crippen LogP contribution is -2.47. The van der Waals surface area contributed by atoms with Crippen LogP contribution >= 0.6 is 23.4 Å². The summed E-state index contributed by atoms with van der Waals surface area (Å²) in [6.07, 6.45) is 9.96. The molecule has 0 amide bonds. The van der Waals surface area contributed by atoms with Gasteiger partial charge >= 0.3 is 5.97 Å². The Kier molecular flexibility index (Phi) is 7.37. The lowest BCUT2D eigenvalue weighted by Gasteiger charge is -2.35. The van der Waals surface area contributed by atoms with E-state index < -0.39 is 0 Å². The summed E-state index contributed by atoms with van der Waals surface area (Å²) in [6.45, 7) is 8.05. The van der Waals surface area contributed by atoms with Gasteiger partial charge in [0.1, 0.15) is 6.61 Å². The van der Waals surface area contributed by atoms with Crippen LogP contribution in [0.25, 0.3) is 5.57 Å². The van der Waals surface area contributed by atoms with E-state index in [1.807, 2.05) is 17.8 Å². The third-order valence-electron chi connectivity index (χ3n) is 5.95. The highest BCUT2D eigenvalue weighted by molar-refractivity contribution is 8.00. The second kappa shape index (κ2) is 10.2. The topological polar surface area (TPSA) is 32.8 Å². The van der Waals surface area contributed by atoms with Gasteiger partial charge in [0.2, 0.25) is 0 Å². The van der Waals surface area contributed by atoms with Crippen molar-refractivity contribution in [3.8, 4) is 0 Å². The van der Waals surface area contributed by atoms with Crippen LogP contribution in [0, 0.1) is 5.92 Å². The lowest BCUT2D eigenvalue weighted by molar-refractivity contribution is -0.141. The predicted molar refractivity (Wildman–Crippen MR) is 125 cm³/mol. The van der Waals surface area contributed by atoms with Crippen molar-refractivity contribution in [1.82, 2.24) is 9.80 Å². The number of thioether (sulfide) groups is 1. The minimum atomic E-state index is -0.198. The summed E-state index contributed by atoms with van der Waals surface area (Å²) in [4.78, 5) is 17.2. The zero-order valence-electron chi connectivity index (χ0n) is 17.4. The zero-order valence-corrected chi connectivity index (χ0v) is 19.0. The first-order valence-electron chi connectivity index (χ1n) is 10.7. The first kappa shape index (κ1) is 21.7. The molecule has 1 saturated heterocycles. The molecule has 1 fully saturated rings. The highest BCUT2D eigenvalue weighted by atomic mass is 35.5. The normalized spacial score (nSPS) is 25.5. The second-order valence-corrected chi connectivity index (χ2v) is 9.64. The van der Waals surface area contributed by atoms with Crippen molar-refractivity contribution in [3.63, 3.8) is 0 Å². The first-order valence-corrected chi connectivity index (χ1v) is 12.0. The summed E-state index contributed by atoms with van der Waals surface area (Å²) in [7, 11) is 0. The number of piperazine rings is 1. The lowest BCUT2D eigenvalue weighted by atomic mass is 9.85. The summed E-state index contributed by atoms with van der Waals surface area (Å²) < 4.78 is 5.06. The van der Waals surface area contributed by atoms with Gasteiger partial charge in [0, 0.05) is 67.3 Å². The van der Waals surface area contributed by atoms with Crippen LogP contribution in [0.1, 0.15) is 18.9 Å². The van der Waals surface area contributed by atoms with Gasteiger partial charge in [-0.15, -0.1) is 11.8 Å². The SMILES string of the molecule is CC(=O)OCCN1CCN(CC/C=C2/c3ccccc3SC3C=CC(Cl)=CC23)CC1. The Hall–Kier alpha value is -1.53. The van der Waals surface area contributed by atoms with Crippen molar-refractivity contribution in [3.05, 3.63) is 59.2 Å². The molecule has 1 aromatic carbocycles. The fourth-order valence-corrected chi connectivity index (χ4v) is 5.85. The number of nitrogens with zero attached hydrogens (tertiary/aromatic N) is 2. The predicted octanol–water partition coefficient (Wildman–Crippen LogP) is 4.42. The number of ether oxygens (including phenoxy) is 1. The van der Waals surface area contributed by atoms with Crippen LogP contribution < -0.4 is 0 Å². The highest BCUT2D eigenvalue weighted by Gasteiger charge is 2.31. The molecular weight excluding hydrogens is 416 g/mol. The Morgan fingerprint density at radius 3 is 2.70 bits per heavy atom. The van der Waals surface area contributed by atoms with Crippen LogP contribution in [0.3, 0.4) is 0 Å². The van der Waals surface area contributed by atoms with Crippen molar-refractivity contribution < 1.29 is 9.53 Å². The highest BCUT2D eigenvalue weighted by Crippen LogP contribution is 2.48. The molecular formula is C24H29ClN2O2S. The molecule has 2 atom stereocenters. The monoisotopic (exact) mass is 444 g/mol. The van der Waals surface area contributed by atoms with Crippen LogP contribution in [0.15, 0.2) is 58.5 Å². The number of carbonyl (C=O) groups is 1. The molecule has 30 heavy (non-hydrogen) atoms. The third-order valence-corrected chi connectivity index (χ3v) is 7.53. The van der Waals surface area contributed by atoms with Gasteiger partial charge in [-0.1, -0.05) is 48.0 Å². The van der Waals surface area contributed by atoms with Gasteiger partial charge in [-0.2, -0.15) is 0 Å². The summed E-state index contributed by atoms with van der Waals surface area (Å²) in [5, 5.41) is 1.27. The van der Waals surface area contributed by atoms with Gasteiger partial charge in [-0.05, 0) is 29.7 Å². The number of benzene rings is 1. The first-order chi connectivity index (χ1) is 14.6. The standard InChI is InChI=1S/C24H29ClN2O2S/c1-18(28)29-16-15-27-13-11-26(12-14-27)10-4-6-20-21-5-2-3-7-23(21)30-24-9-8-19(25)17-22(20)24/h2-3,5-9,17,22,24H,4,10-16H2,1H3/b20-6-. The van der Waals surface area contributed by atoms with E-state index in [0.717, 1.165) is 50.7 Å². The summed E-state index contributed by atoms with van der Waals surface area (Å²) in [5.74, 6) is 0.150. The Morgan fingerprint density at radius 2 is 1.93 bits per heavy atom. The molecule has 0 N–H and O–H groups in total. The molecule has 2 heterocycles. The summed E-state index contributed by atoms with van der Waals surface area (Å²) >= 11 is 8.29. The molecule has 2 unspecified atom stereocenters. The molecule has 0 bridgehead atoms. The van der Waals surface area contributed by atoms with Gasteiger partial charge in [0.05, 0.1) is 0 Å². The quantitative estimate of drug-likeness (QED) is 0.606. The van der Waals surface area contributed by atoms with Crippen molar-refractivity contribution >= 4 is 34.9 Å². The zero-order chi connectivity index (χ0) is 20.9. The van der Waals surface area contributed by atoms with E-state index in [0.29, 0.717) is 17.8 Å². The number of rotatable bonds is 6. The fraction of sp³-hybridized carbons (Fsp3) is 0.458. The third kappa shape index (κ3) is 5.38. The number of hydrogen-bond donors (Lipinski definition) is 0. The van der Waals surface area contributed by atoms with Crippen molar-refractivity contribution in [1.29, 1.82) is 0 Å². The van der Waals surface area contributed by atoms with Gasteiger partial charge in [0.25, 0.3) is 0 Å². The van der Waals surface area contributed by atoms with Crippen molar-refractivity contribution in [2.75, 3.05) is 45.9 Å². The van der Waals surface area contributed by atoms with E-state index in [1.54, 1.807) is 0 Å². The molecule has 4 nitrogen and oxygen atoms in total. The molecule has 0 spiro atoms. The number of esters is 1. The Labute approximate surface area is 188 Å². The second-order valence-electron chi connectivity index (χ2n) is 7.99. The van der Waals surface area contributed by atoms with Crippen LogP contribution in [0.4, 0.5) is 0 Å². The van der Waals surface area contributed by atoms with Gasteiger partial charge in [-0.3, -0.25) is 9.69 Å². The molecule has 0 radical (unpaired) electrons. The van der Waals surface area contributed by atoms with Crippen molar-refractivity contribution in [2.24, 2.45) is 5.92 Å². The Bertz CT molecular complexity index is 859. The molecule has 1 aromatic rings. The molecule has 160 valence electrons. The van der Waals surface area contributed by atoms with E-state index in [9.17, 15) is 4.79 Å². The maximum atomic E-state index is 10.9. The summed E-state index contributed by atoms with van der Waals surface area (Å²) in [6, 6.07) is 8.73. The fourth-order valence-electron chi connectivity index (χ4n) is 4.35. The van der Waals surface area contributed by atoms with Gasteiger partial charge in [-0.25, -0.2) is 0 Å². The largest absolute Gasteiger partial charge is 0.465 e. The van der Waals surface area contributed by atoms with E-state index in [-0.39, 0.29) is 5.97 Å². The molecule has 0 saturated carbocycles. The van der Waals surface area contributed by atoms with E-state index in [4.69, 9.17) is 16.3 Å². The van der Waals surface area contributed by atoms with Gasteiger partial charge in [0.15, 0.2) is 0 Å². The van der Waals surface area contributed by atoms with Crippen molar-refractivity contribution in [2.45, 2.75) is 23.5 Å². The maximum absolute atomic E-state index is 10.9. The number of allylic oxidation sites excluding steroid dienone is 4. The average Bonchev–Trinajstić information content (AvgIpc) is 2.74. The minimum absolute atomic E-state index is 0.198. The molecule has 0 aromatic heterocycles. The number of fused-ring (bicyclic) bond motifs is 2. The van der Waals surface area contributed by atoms with E-state index in [1.165, 1.54) is 23.0 Å². The number of halogens is 1. The molecule has 4 rings (SSSR count). The maximum Gasteiger partial charge on any atom is 0.302 e. The van der Waals surface area contributed by atoms with Crippen LogP contribution in [-0.2, 0) is 9.53 Å². The Morgan fingerprint density at radius 1 is 1.20 bits per heavy atom. The molecule has 6 heteroatoms. The van der Waals surface area contributed by atoms with E-state index in [2.05, 4.69) is 52.3 Å². The Balaban J connectivity index is 1.34. The van der Waals surface area contributed by atoms with Crippen LogP contribution in [0.5, 0.6) is 0 Å². The minimum Gasteiger partial charge on any atom is -0.465 e. The smallest absolute Gasteiger partial charge is 0.302 e. The molecule has 2 aliphatic heterocycles. The number of hydrogen-bond acceptors (Lipinski definition) is 5. The molecule has 3 aliphatic rings. The van der Waals surface area contributed by atoms with E-state index >= 15 is 0 Å². The van der Waals surface area contributed by atoms with Crippen LogP contribution in [-0.4, -0.2) is 66.9 Å². The molecule has 1 aliphatic carbocycles. The summed E-state index contributed by atoms with van der Waals surface area (Å²) in [5.41, 5.74) is 2.77. The van der Waals surface area contributed by atoms with Crippen LogP contribution in [0.2, 0.25) is 0 Å². The van der Waals surface area contributed by atoms with Gasteiger partial charge < -0.3 is 9.64 Å².